The second-order valence-electron chi connectivity index (χ2n) is 4.97. The molecule has 1 unspecified atom stereocenters. The van der Waals surface area contributed by atoms with Gasteiger partial charge in [-0.05, 0) is 24.6 Å². The summed E-state index contributed by atoms with van der Waals surface area (Å²) >= 11 is 3.43. The highest BCUT2D eigenvalue weighted by atomic mass is 79.9. The summed E-state index contributed by atoms with van der Waals surface area (Å²) in [4.78, 5) is 13.9. The van der Waals surface area contributed by atoms with Gasteiger partial charge in [0.1, 0.15) is 0 Å². The van der Waals surface area contributed by atoms with Gasteiger partial charge < -0.3 is 15.0 Å². The van der Waals surface area contributed by atoms with Crippen LogP contribution in [0.15, 0.2) is 28.7 Å². The van der Waals surface area contributed by atoms with Gasteiger partial charge in [-0.2, -0.15) is 0 Å². The fourth-order valence-corrected chi connectivity index (χ4v) is 2.50. The van der Waals surface area contributed by atoms with Crippen molar-refractivity contribution >= 4 is 21.8 Å². The molecule has 0 spiro atoms. The molecule has 1 saturated heterocycles. The first kappa shape index (κ1) is 15.5. The van der Waals surface area contributed by atoms with Crippen LogP contribution in [0.3, 0.4) is 0 Å². The number of carbonyl (C=O) groups excluding carboxylic acids is 1. The zero-order valence-corrected chi connectivity index (χ0v) is 13.4. The van der Waals surface area contributed by atoms with Crippen LogP contribution in [0.4, 0.5) is 0 Å². The molecule has 1 amide bonds. The van der Waals surface area contributed by atoms with E-state index in [0.29, 0.717) is 26.2 Å². The average Bonchev–Trinajstić information content (AvgIpc) is 2.48. The van der Waals surface area contributed by atoms with Gasteiger partial charge in [0.15, 0.2) is 0 Å². The van der Waals surface area contributed by atoms with Crippen LogP contribution >= 0.6 is 15.9 Å². The van der Waals surface area contributed by atoms with Crippen LogP contribution in [0.2, 0.25) is 0 Å². The number of benzene rings is 1. The van der Waals surface area contributed by atoms with Crippen molar-refractivity contribution in [2.24, 2.45) is 0 Å². The van der Waals surface area contributed by atoms with Crippen LogP contribution in [0.1, 0.15) is 24.9 Å². The van der Waals surface area contributed by atoms with Crippen LogP contribution in [-0.2, 0) is 9.53 Å². The molecule has 1 aromatic carbocycles. The van der Waals surface area contributed by atoms with E-state index in [1.165, 1.54) is 5.56 Å². The van der Waals surface area contributed by atoms with E-state index in [1.54, 1.807) is 0 Å². The van der Waals surface area contributed by atoms with Crippen molar-refractivity contribution in [3.8, 4) is 0 Å². The molecule has 20 heavy (non-hydrogen) atoms. The van der Waals surface area contributed by atoms with E-state index < -0.39 is 0 Å². The Bertz CT molecular complexity index is 430. The number of carbonyl (C=O) groups is 1. The predicted molar refractivity (Wildman–Crippen MR) is 82.6 cm³/mol. The van der Waals surface area contributed by atoms with Crippen LogP contribution < -0.4 is 5.32 Å². The summed E-state index contributed by atoms with van der Waals surface area (Å²) < 4.78 is 6.33. The lowest BCUT2D eigenvalue weighted by atomic mass is 10.1. The van der Waals surface area contributed by atoms with Crippen molar-refractivity contribution < 1.29 is 9.53 Å². The molecule has 1 aromatic rings. The number of nitrogens with one attached hydrogen (secondary N) is 1. The number of morpholine rings is 1. The maximum absolute atomic E-state index is 12.0. The molecule has 0 aromatic heterocycles. The second-order valence-corrected chi connectivity index (χ2v) is 5.89. The summed E-state index contributed by atoms with van der Waals surface area (Å²) in [5.41, 5.74) is 1.23. The first-order valence-corrected chi connectivity index (χ1v) is 7.80. The van der Waals surface area contributed by atoms with Crippen LogP contribution in [0.25, 0.3) is 0 Å². The number of hydrogen-bond acceptors (Lipinski definition) is 3. The van der Waals surface area contributed by atoms with Gasteiger partial charge in [0.2, 0.25) is 5.91 Å². The van der Waals surface area contributed by atoms with Gasteiger partial charge in [-0.25, -0.2) is 0 Å². The number of rotatable bonds is 5. The summed E-state index contributed by atoms with van der Waals surface area (Å²) in [7, 11) is 0. The SMILES string of the molecule is CC(NCCC(=O)N1CCOCC1)c1ccc(Br)cc1. The molecule has 0 saturated carbocycles. The van der Waals surface area contributed by atoms with Crippen molar-refractivity contribution in [3.05, 3.63) is 34.3 Å². The highest BCUT2D eigenvalue weighted by Crippen LogP contribution is 2.16. The first-order chi connectivity index (χ1) is 9.66. The molecular formula is C15H21BrN2O2. The Labute approximate surface area is 128 Å². The third-order valence-electron chi connectivity index (χ3n) is 3.52. The van der Waals surface area contributed by atoms with E-state index >= 15 is 0 Å². The van der Waals surface area contributed by atoms with Crippen molar-refractivity contribution in [3.63, 3.8) is 0 Å². The Kier molecular flexibility index (Phi) is 6.01. The zero-order chi connectivity index (χ0) is 14.4. The smallest absolute Gasteiger partial charge is 0.224 e. The molecular weight excluding hydrogens is 320 g/mol. The van der Waals surface area contributed by atoms with E-state index in [0.717, 1.165) is 17.6 Å². The molecule has 0 radical (unpaired) electrons. The van der Waals surface area contributed by atoms with Crippen molar-refractivity contribution in [2.45, 2.75) is 19.4 Å². The number of nitrogens with zero attached hydrogens (tertiary/aromatic N) is 1. The average molecular weight is 341 g/mol. The largest absolute Gasteiger partial charge is 0.378 e. The molecule has 1 atom stereocenters. The number of halogens is 1. The third kappa shape index (κ3) is 4.58. The molecule has 1 N–H and O–H groups in total. The molecule has 5 heteroatoms. The van der Waals surface area contributed by atoms with Crippen molar-refractivity contribution in [1.82, 2.24) is 10.2 Å². The minimum absolute atomic E-state index is 0.212. The van der Waals surface area contributed by atoms with E-state index in [1.807, 2.05) is 17.0 Å². The molecule has 1 fully saturated rings. The standard InChI is InChI=1S/C15H21BrN2O2/c1-12(13-2-4-14(16)5-3-13)17-7-6-15(19)18-8-10-20-11-9-18/h2-5,12,17H,6-11H2,1H3. The molecule has 1 aliphatic rings. The Morgan fingerprint density at radius 1 is 1.35 bits per heavy atom. The lowest BCUT2D eigenvalue weighted by molar-refractivity contribution is -0.135. The maximum Gasteiger partial charge on any atom is 0.224 e. The summed E-state index contributed by atoms with van der Waals surface area (Å²) in [5.74, 6) is 0.212. The summed E-state index contributed by atoms with van der Waals surface area (Å²) in [6.45, 7) is 5.58. The molecule has 1 aliphatic heterocycles. The Balaban J connectivity index is 1.72. The minimum atomic E-state index is 0.212. The Hall–Kier alpha value is -0.910. The van der Waals surface area contributed by atoms with Crippen LogP contribution in [0, 0.1) is 0 Å². The summed E-state index contributed by atoms with van der Waals surface area (Å²) in [6.07, 6.45) is 0.543. The molecule has 1 heterocycles. The number of amides is 1. The van der Waals surface area contributed by atoms with Crippen LogP contribution in [0.5, 0.6) is 0 Å². The monoisotopic (exact) mass is 340 g/mol. The van der Waals surface area contributed by atoms with Gasteiger partial charge in [-0.3, -0.25) is 4.79 Å². The topological polar surface area (TPSA) is 41.6 Å². The Morgan fingerprint density at radius 3 is 2.65 bits per heavy atom. The predicted octanol–water partition coefficient (Wildman–Crippen LogP) is 2.35. The second kappa shape index (κ2) is 7.76. The van der Waals surface area contributed by atoms with Gasteiger partial charge >= 0.3 is 0 Å². The maximum atomic E-state index is 12.0. The highest BCUT2D eigenvalue weighted by Gasteiger charge is 2.16. The van der Waals surface area contributed by atoms with Gasteiger partial charge in [-0.15, -0.1) is 0 Å². The van der Waals surface area contributed by atoms with Gasteiger partial charge in [0.25, 0.3) is 0 Å². The number of ether oxygens (including phenoxy) is 1. The van der Waals surface area contributed by atoms with Gasteiger partial charge in [0.05, 0.1) is 13.2 Å². The van der Waals surface area contributed by atoms with E-state index in [2.05, 4.69) is 40.3 Å². The molecule has 0 bridgehead atoms. The molecule has 110 valence electrons. The first-order valence-electron chi connectivity index (χ1n) is 7.01. The van der Waals surface area contributed by atoms with Crippen LogP contribution in [-0.4, -0.2) is 43.7 Å². The highest BCUT2D eigenvalue weighted by molar-refractivity contribution is 9.10. The Morgan fingerprint density at radius 2 is 2.00 bits per heavy atom. The fourth-order valence-electron chi connectivity index (χ4n) is 2.24. The van der Waals surface area contributed by atoms with E-state index in [-0.39, 0.29) is 11.9 Å². The van der Waals surface area contributed by atoms with Gasteiger partial charge in [0, 0.05) is 36.6 Å². The van der Waals surface area contributed by atoms with E-state index in [9.17, 15) is 4.79 Å². The third-order valence-corrected chi connectivity index (χ3v) is 4.05. The normalized spacial score (nSPS) is 17.0. The van der Waals surface area contributed by atoms with Crippen molar-refractivity contribution in [2.75, 3.05) is 32.8 Å². The lowest BCUT2D eigenvalue weighted by Crippen LogP contribution is -2.41. The quantitative estimate of drug-likeness (QED) is 0.894. The van der Waals surface area contributed by atoms with Gasteiger partial charge in [-0.1, -0.05) is 28.1 Å². The zero-order valence-electron chi connectivity index (χ0n) is 11.8. The molecule has 2 rings (SSSR count). The molecule has 0 aliphatic carbocycles. The number of hydrogen-bond donors (Lipinski definition) is 1. The minimum Gasteiger partial charge on any atom is -0.378 e. The lowest BCUT2D eigenvalue weighted by Gasteiger charge is -2.27. The summed E-state index contributed by atoms with van der Waals surface area (Å²) in [5, 5.41) is 3.39. The van der Waals surface area contributed by atoms with E-state index in [4.69, 9.17) is 4.74 Å². The molecule has 4 nitrogen and oxygen atoms in total. The fraction of sp³-hybridized carbons (Fsp3) is 0.533. The summed E-state index contributed by atoms with van der Waals surface area (Å²) in [6, 6.07) is 8.50. The van der Waals surface area contributed by atoms with Crippen molar-refractivity contribution in [1.29, 1.82) is 0 Å².